The Balaban J connectivity index is 1.36. The van der Waals surface area contributed by atoms with Gasteiger partial charge in [0.25, 0.3) is 23.6 Å². The molecule has 4 rings (SSSR count). The molecule has 2 aromatic carbocycles. The van der Waals surface area contributed by atoms with Crippen LogP contribution in [0.1, 0.15) is 53.9 Å². The number of primary amides is 1. The first kappa shape index (κ1) is 22.9. The fourth-order valence-electron chi connectivity index (χ4n) is 3.41. The Morgan fingerprint density at radius 2 is 1.62 bits per heavy atom. The van der Waals surface area contributed by atoms with E-state index in [2.05, 4.69) is 5.32 Å². The van der Waals surface area contributed by atoms with Gasteiger partial charge >= 0.3 is 5.97 Å². The van der Waals surface area contributed by atoms with Crippen LogP contribution < -0.4 is 11.1 Å². The smallest absolute Gasteiger partial charge is 0.338 e. The fourth-order valence-corrected chi connectivity index (χ4v) is 4.20. The number of carbonyl (C=O) groups is 5. The number of fused-ring (bicyclic) bond motifs is 1. The Morgan fingerprint density at radius 1 is 1.00 bits per heavy atom. The average Bonchev–Trinajstić information content (AvgIpc) is 3.38. The lowest BCUT2D eigenvalue weighted by Crippen LogP contribution is -2.30. The molecule has 0 fully saturated rings. The van der Waals surface area contributed by atoms with Gasteiger partial charge in [0, 0.05) is 0 Å². The highest BCUT2D eigenvalue weighted by Crippen LogP contribution is 2.25. The summed E-state index contributed by atoms with van der Waals surface area (Å²) in [6, 6.07) is 14.3. The van der Waals surface area contributed by atoms with Gasteiger partial charge in [0.15, 0.2) is 6.10 Å². The largest absolute Gasteiger partial charge is 0.449 e. The number of amides is 4. The Hall–Kier alpha value is -4.31. The molecular formula is C24H19N3O6S. The summed E-state index contributed by atoms with van der Waals surface area (Å²) in [5, 5.41) is 4.41. The highest BCUT2D eigenvalue weighted by Gasteiger charge is 2.35. The molecule has 34 heavy (non-hydrogen) atoms. The first-order valence-electron chi connectivity index (χ1n) is 10.2. The van der Waals surface area contributed by atoms with Crippen molar-refractivity contribution in [2.75, 3.05) is 5.32 Å². The number of nitrogens with two attached hydrogens (primary N) is 1. The number of thiophene rings is 1. The average molecular weight is 477 g/mol. The molecule has 4 amide bonds. The molecule has 0 saturated carbocycles. The minimum Gasteiger partial charge on any atom is -0.449 e. The molecule has 1 aromatic heterocycles. The van der Waals surface area contributed by atoms with Crippen LogP contribution in [0.15, 0.2) is 60.0 Å². The molecule has 2 heterocycles. The quantitative estimate of drug-likeness (QED) is 0.397. The van der Waals surface area contributed by atoms with Crippen LogP contribution >= 0.6 is 11.3 Å². The predicted molar refractivity (Wildman–Crippen MR) is 123 cm³/mol. The van der Waals surface area contributed by atoms with Crippen LogP contribution in [-0.4, -0.2) is 40.6 Å². The number of nitrogens with zero attached hydrogens (tertiary/aromatic N) is 1. The zero-order valence-corrected chi connectivity index (χ0v) is 18.8. The maximum absolute atomic E-state index is 12.5. The summed E-state index contributed by atoms with van der Waals surface area (Å²) in [6.07, 6.45) is -1.13. The molecule has 0 bridgehead atoms. The maximum atomic E-state index is 12.5. The second-order valence-electron chi connectivity index (χ2n) is 7.50. The Morgan fingerprint density at radius 3 is 2.21 bits per heavy atom. The third kappa shape index (κ3) is 4.44. The fraction of sp³-hybridized carbons (Fsp3) is 0.125. The van der Waals surface area contributed by atoms with Crippen molar-refractivity contribution in [3.05, 3.63) is 87.8 Å². The van der Waals surface area contributed by atoms with Crippen molar-refractivity contribution in [2.24, 2.45) is 5.73 Å². The minimum absolute atomic E-state index is 0.0590. The number of hydrogen-bond acceptors (Lipinski definition) is 7. The molecular weight excluding hydrogens is 458 g/mol. The van der Waals surface area contributed by atoms with Crippen molar-refractivity contribution in [1.29, 1.82) is 0 Å². The molecule has 3 N–H and O–H groups in total. The standard InChI is InChI=1S/C24H19N3O6S/c1-13(20(29)26-21-18(19(25)28)10-11-34-21)33-24(32)15-8-6-14(7-9-15)12-27-22(30)16-4-2-3-5-17(16)23(27)31/h2-11,13H,12H2,1H3,(H2,25,28)(H,26,29). The molecule has 1 unspecified atom stereocenters. The third-order valence-electron chi connectivity index (χ3n) is 5.23. The first-order chi connectivity index (χ1) is 16.3. The molecule has 0 aliphatic carbocycles. The summed E-state index contributed by atoms with van der Waals surface area (Å²) in [7, 11) is 0. The van der Waals surface area contributed by atoms with Gasteiger partial charge in [-0.15, -0.1) is 11.3 Å². The van der Waals surface area contributed by atoms with E-state index in [0.29, 0.717) is 16.7 Å². The van der Waals surface area contributed by atoms with Crippen LogP contribution in [0, 0.1) is 0 Å². The number of benzene rings is 2. The van der Waals surface area contributed by atoms with Crippen LogP contribution in [0.2, 0.25) is 0 Å². The van der Waals surface area contributed by atoms with Gasteiger partial charge < -0.3 is 15.8 Å². The second kappa shape index (κ2) is 9.28. The molecule has 1 atom stereocenters. The molecule has 1 aliphatic heterocycles. The van der Waals surface area contributed by atoms with Gasteiger partial charge in [-0.2, -0.15) is 0 Å². The SMILES string of the molecule is CC(OC(=O)c1ccc(CN2C(=O)c3ccccc3C2=O)cc1)C(=O)Nc1sccc1C(N)=O. The van der Waals surface area contributed by atoms with Gasteiger partial charge in [-0.1, -0.05) is 24.3 Å². The lowest BCUT2D eigenvalue weighted by molar-refractivity contribution is -0.123. The van der Waals surface area contributed by atoms with E-state index in [9.17, 15) is 24.0 Å². The lowest BCUT2D eigenvalue weighted by atomic mass is 10.1. The highest BCUT2D eigenvalue weighted by molar-refractivity contribution is 7.14. The van der Waals surface area contributed by atoms with Gasteiger partial charge in [0.1, 0.15) is 5.00 Å². The van der Waals surface area contributed by atoms with Gasteiger partial charge in [-0.3, -0.25) is 24.1 Å². The number of esters is 1. The molecule has 0 saturated heterocycles. The monoisotopic (exact) mass is 477 g/mol. The van der Waals surface area contributed by atoms with Crippen molar-refractivity contribution in [3.63, 3.8) is 0 Å². The van der Waals surface area contributed by atoms with E-state index in [1.807, 2.05) is 0 Å². The zero-order chi connectivity index (χ0) is 24.4. The van der Waals surface area contributed by atoms with Gasteiger partial charge in [0.2, 0.25) is 0 Å². The van der Waals surface area contributed by atoms with E-state index >= 15 is 0 Å². The van der Waals surface area contributed by atoms with Gasteiger partial charge in [-0.05, 0) is 48.2 Å². The van der Waals surface area contributed by atoms with E-state index in [-0.39, 0.29) is 34.5 Å². The number of carbonyl (C=O) groups excluding carboxylic acids is 5. The highest BCUT2D eigenvalue weighted by atomic mass is 32.1. The van der Waals surface area contributed by atoms with Crippen LogP contribution in [-0.2, 0) is 16.1 Å². The van der Waals surface area contributed by atoms with Crippen molar-refractivity contribution >= 4 is 45.9 Å². The Kier molecular flexibility index (Phi) is 6.24. The minimum atomic E-state index is -1.13. The van der Waals surface area contributed by atoms with Gasteiger partial charge in [0.05, 0.1) is 28.8 Å². The van der Waals surface area contributed by atoms with Crippen LogP contribution in [0.3, 0.4) is 0 Å². The molecule has 1 aliphatic rings. The van der Waals surface area contributed by atoms with Crippen molar-refractivity contribution < 1.29 is 28.7 Å². The Bertz CT molecular complexity index is 1280. The molecule has 0 radical (unpaired) electrons. The second-order valence-corrected chi connectivity index (χ2v) is 8.42. The predicted octanol–water partition coefficient (Wildman–Crippen LogP) is 2.83. The van der Waals surface area contributed by atoms with Crippen LogP contribution in [0.25, 0.3) is 0 Å². The summed E-state index contributed by atoms with van der Waals surface area (Å²) >= 11 is 1.12. The lowest BCUT2D eigenvalue weighted by Gasteiger charge is -2.15. The van der Waals surface area contributed by atoms with Crippen LogP contribution in [0.5, 0.6) is 0 Å². The maximum Gasteiger partial charge on any atom is 0.338 e. The third-order valence-corrected chi connectivity index (χ3v) is 6.06. The number of anilines is 1. The van der Waals surface area contributed by atoms with Gasteiger partial charge in [-0.25, -0.2) is 4.79 Å². The summed E-state index contributed by atoms with van der Waals surface area (Å²) in [4.78, 5) is 62.4. The summed E-state index contributed by atoms with van der Waals surface area (Å²) < 4.78 is 5.22. The number of imide groups is 1. The number of nitrogens with one attached hydrogen (secondary N) is 1. The van der Waals surface area contributed by atoms with Crippen LogP contribution in [0.4, 0.5) is 5.00 Å². The van der Waals surface area contributed by atoms with E-state index in [1.54, 1.807) is 41.8 Å². The summed E-state index contributed by atoms with van der Waals surface area (Å²) in [5.74, 6) is -2.75. The van der Waals surface area contributed by atoms with Crippen molar-refractivity contribution in [1.82, 2.24) is 4.90 Å². The summed E-state index contributed by atoms with van der Waals surface area (Å²) in [5.41, 5.74) is 7.00. The number of rotatable bonds is 7. The first-order valence-corrected chi connectivity index (χ1v) is 11.1. The summed E-state index contributed by atoms with van der Waals surface area (Å²) in [6.45, 7) is 1.46. The van der Waals surface area contributed by atoms with Crippen molar-refractivity contribution in [2.45, 2.75) is 19.6 Å². The Labute approximate surface area is 198 Å². The van der Waals surface area contributed by atoms with E-state index in [4.69, 9.17) is 10.5 Å². The van der Waals surface area contributed by atoms with E-state index < -0.39 is 23.9 Å². The molecule has 9 nitrogen and oxygen atoms in total. The van der Waals surface area contributed by atoms with Crippen molar-refractivity contribution in [3.8, 4) is 0 Å². The number of ether oxygens (including phenoxy) is 1. The number of hydrogen-bond donors (Lipinski definition) is 2. The molecule has 10 heteroatoms. The van der Waals surface area contributed by atoms with E-state index in [1.165, 1.54) is 25.1 Å². The molecule has 0 spiro atoms. The topological polar surface area (TPSA) is 136 Å². The molecule has 3 aromatic rings. The normalized spacial score (nSPS) is 13.4. The van der Waals surface area contributed by atoms with E-state index in [0.717, 1.165) is 16.2 Å². The zero-order valence-electron chi connectivity index (χ0n) is 17.9. The molecule has 172 valence electrons.